The van der Waals surface area contributed by atoms with Crippen molar-refractivity contribution >= 4 is 44.3 Å². The van der Waals surface area contributed by atoms with Crippen molar-refractivity contribution in [2.75, 3.05) is 11.0 Å². The molecule has 1 fully saturated rings. The van der Waals surface area contributed by atoms with Crippen LogP contribution >= 0.6 is 11.6 Å². The third kappa shape index (κ3) is 7.24. The SMILES string of the molecule is Cn1nc(NS(C)(=O)=O)c2c(Cl)ccc(-c3ccc(C#CC4(O)CCC4)nc3[C@H](Cc3cc(F)cc(F)c3)NC(=O)C(F)(F)F)c21. The molecule has 9 nitrogen and oxygen atoms in total. The Balaban J connectivity index is 1.76. The third-order valence-electron chi connectivity index (χ3n) is 7.29. The fourth-order valence-corrected chi connectivity index (χ4v) is 5.85. The lowest BCUT2D eigenvalue weighted by atomic mass is 9.81. The number of pyridine rings is 1. The van der Waals surface area contributed by atoms with E-state index >= 15 is 0 Å². The highest BCUT2D eigenvalue weighted by Crippen LogP contribution is 2.40. The van der Waals surface area contributed by atoms with Crippen molar-refractivity contribution in [2.24, 2.45) is 7.05 Å². The highest BCUT2D eigenvalue weighted by molar-refractivity contribution is 7.92. The van der Waals surface area contributed by atoms with Gasteiger partial charge in [-0.15, -0.1) is 0 Å². The second-order valence-electron chi connectivity index (χ2n) is 10.9. The van der Waals surface area contributed by atoms with Gasteiger partial charge in [-0.05, 0) is 67.5 Å². The number of aromatic nitrogens is 3. The van der Waals surface area contributed by atoms with Crippen molar-refractivity contribution in [3.63, 3.8) is 0 Å². The number of hydrogen-bond donors (Lipinski definition) is 3. The Labute approximate surface area is 264 Å². The van der Waals surface area contributed by atoms with E-state index < -0.39 is 51.8 Å². The Hall–Kier alpha value is -4.26. The number of fused-ring (bicyclic) bond motifs is 1. The van der Waals surface area contributed by atoms with E-state index in [9.17, 15) is 40.3 Å². The number of anilines is 1. The monoisotopic (exact) mass is 681 g/mol. The Bertz CT molecular complexity index is 2010. The van der Waals surface area contributed by atoms with E-state index in [-0.39, 0.29) is 49.8 Å². The molecule has 5 rings (SSSR count). The van der Waals surface area contributed by atoms with E-state index in [1.807, 2.05) is 5.32 Å². The Morgan fingerprint density at radius 3 is 2.37 bits per heavy atom. The summed E-state index contributed by atoms with van der Waals surface area (Å²) in [7, 11) is -2.32. The van der Waals surface area contributed by atoms with Crippen molar-refractivity contribution in [3.05, 3.63) is 76.1 Å². The summed E-state index contributed by atoms with van der Waals surface area (Å²) in [6, 6.07) is 6.64. The van der Waals surface area contributed by atoms with Crippen molar-refractivity contribution in [1.82, 2.24) is 20.1 Å². The molecule has 1 amide bonds. The zero-order chi connectivity index (χ0) is 33.6. The van der Waals surface area contributed by atoms with Crippen molar-refractivity contribution < 1.29 is 40.3 Å². The zero-order valence-electron chi connectivity index (χ0n) is 24.1. The summed E-state index contributed by atoms with van der Waals surface area (Å²) in [4.78, 5) is 16.8. The number of nitrogens with zero attached hydrogens (tertiary/aromatic N) is 3. The van der Waals surface area contributed by atoms with Gasteiger partial charge in [-0.2, -0.15) is 18.3 Å². The molecular weight excluding hydrogens is 657 g/mol. The Morgan fingerprint density at radius 2 is 1.78 bits per heavy atom. The molecule has 46 heavy (non-hydrogen) atoms. The maximum Gasteiger partial charge on any atom is 0.471 e. The topological polar surface area (TPSA) is 126 Å². The lowest BCUT2D eigenvalue weighted by molar-refractivity contribution is -0.174. The third-order valence-corrected chi connectivity index (χ3v) is 8.17. The number of carbonyl (C=O) groups excluding carboxylic acids is 1. The maximum absolute atomic E-state index is 14.1. The van der Waals surface area contributed by atoms with Gasteiger partial charge < -0.3 is 10.4 Å². The van der Waals surface area contributed by atoms with Gasteiger partial charge in [-0.25, -0.2) is 22.2 Å². The second-order valence-corrected chi connectivity index (χ2v) is 13.1. The van der Waals surface area contributed by atoms with Gasteiger partial charge in [-0.3, -0.25) is 14.2 Å². The lowest BCUT2D eigenvalue weighted by Gasteiger charge is -2.30. The first kappa shape index (κ1) is 33.1. The van der Waals surface area contributed by atoms with E-state index in [1.54, 1.807) is 0 Å². The summed E-state index contributed by atoms with van der Waals surface area (Å²) in [5, 5.41) is 16.9. The van der Waals surface area contributed by atoms with Crippen LogP contribution in [0.25, 0.3) is 22.0 Å². The molecule has 0 unspecified atom stereocenters. The number of carbonyl (C=O) groups is 1. The summed E-state index contributed by atoms with van der Waals surface area (Å²) in [5.74, 6) is 1.03. The largest absolute Gasteiger partial charge is 0.471 e. The molecule has 242 valence electrons. The molecule has 1 saturated carbocycles. The minimum Gasteiger partial charge on any atom is -0.378 e. The molecule has 2 aromatic carbocycles. The lowest BCUT2D eigenvalue weighted by Crippen LogP contribution is -2.40. The van der Waals surface area contributed by atoms with Crippen LogP contribution in [-0.4, -0.2) is 52.2 Å². The summed E-state index contributed by atoms with van der Waals surface area (Å²) in [6.45, 7) is 0. The zero-order valence-corrected chi connectivity index (χ0v) is 25.7. The molecule has 2 heterocycles. The van der Waals surface area contributed by atoms with Gasteiger partial charge in [-0.1, -0.05) is 23.6 Å². The summed E-state index contributed by atoms with van der Waals surface area (Å²) >= 11 is 6.45. The van der Waals surface area contributed by atoms with Crippen LogP contribution in [0.2, 0.25) is 5.02 Å². The highest BCUT2D eigenvalue weighted by atomic mass is 35.5. The van der Waals surface area contributed by atoms with Gasteiger partial charge >= 0.3 is 12.1 Å². The van der Waals surface area contributed by atoms with Gasteiger partial charge in [0.15, 0.2) is 5.82 Å². The minimum atomic E-state index is -5.32. The molecular formula is C30H25ClF5N5O4S. The quantitative estimate of drug-likeness (QED) is 0.183. The van der Waals surface area contributed by atoms with Crippen LogP contribution in [0.15, 0.2) is 42.5 Å². The summed E-state index contributed by atoms with van der Waals surface area (Å²) in [6.07, 6.45) is -3.33. The van der Waals surface area contributed by atoms with Crippen LogP contribution in [0, 0.1) is 23.5 Å². The number of amides is 1. The van der Waals surface area contributed by atoms with E-state index in [1.165, 1.54) is 36.0 Å². The number of hydrogen-bond acceptors (Lipinski definition) is 6. The predicted molar refractivity (Wildman–Crippen MR) is 160 cm³/mol. The molecule has 0 radical (unpaired) electrons. The highest BCUT2D eigenvalue weighted by Gasteiger charge is 2.41. The number of rotatable bonds is 7. The second kappa shape index (κ2) is 12.2. The molecule has 1 atom stereocenters. The van der Waals surface area contributed by atoms with E-state index in [4.69, 9.17) is 11.6 Å². The van der Waals surface area contributed by atoms with E-state index in [0.29, 0.717) is 18.9 Å². The Kier molecular flexibility index (Phi) is 8.75. The van der Waals surface area contributed by atoms with E-state index in [2.05, 4.69) is 26.6 Å². The van der Waals surface area contributed by atoms with Crippen LogP contribution < -0.4 is 10.0 Å². The van der Waals surface area contributed by atoms with Gasteiger partial charge in [0.05, 0.1) is 33.9 Å². The molecule has 1 aliphatic rings. The molecule has 3 N–H and O–H groups in total. The van der Waals surface area contributed by atoms with Crippen LogP contribution in [-0.2, 0) is 28.3 Å². The number of aryl methyl sites for hydroxylation is 1. The molecule has 0 bridgehead atoms. The Morgan fingerprint density at radius 1 is 1.13 bits per heavy atom. The molecule has 2 aromatic heterocycles. The minimum absolute atomic E-state index is 0.0328. The number of nitrogens with one attached hydrogen (secondary N) is 2. The predicted octanol–water partition coefficient (Wildman–Crippen LogP) is 5.17. The fourth-order valence-electron chi connectivity index (χ4n) is 5.12. The van der Waals surface area contributed by atoms with Crippen molar-refractivity contribution in [2.45, 2.75) is 43.5 Å². The number of aliphatic hydroxyl groups is 1. The average Bonchev–Trinajstić information content (AvgIpc) is 3.24. The first-order chi connectivity index (χ1) is 21.4. The van der Waals surface area contributed by atoms with Crippen molar-refractivity contribution in [1.29, 1.82) is 0 Å². The van der Waals surface area contributed by atoms with Gasteiger partial charge in [0.25, 0.3) is 0 Å². The molecule has 16 heteroatoms. The van der Waals surface area contributed by atoms with Gasteiger partial charge in [0, 0.05) is 24.2 Å². The standard InChI is InChI=1S/C30H25ClF5N5O4S/c1-41-26-21(6-7-22(31)24(26)27(39-41)40-46(2,44)45)20-5-4-19(8-11-29(43)9-3-10-29)37-25(20)23(38-28(42)30(34,35)36)14-16-12-17(32)15-18(33)13-16/h4-7,12-13,15,23,43H,3,9-10,14H2,1-2H3,(H,38,42)(H,39,40)/t23-/m0/s1. The van der Waals surface area contributed by atoms with Crippen LogP contribution in [0.3, 0.4) is 0 Å². The summed E-state index contributed by atoms with van der Waals surface area (Å²) < 4.78 is 96.6. The molecule has 1 aliphatic carbocycles. The van der Waals surface area contributed by atoms with Crippen LogP contribution in [0.4, 0.5) is 27.8 Å². The average molecular weight is 682 g/mol. The number of benzene rings is 2. The normalized spacial score (nSPS) is 15.1. The van der Waals surface area contributed by atoms with E-state index in [0.717, 1.165) is 24.8 Å². The number of sulfonamides is 1. The number of halogens is 6. The maximum atomic E-state index is 14.1. The molecule has 0 aliphatic heterocycles. The number of alkyl halides is 3. The van der Waals surface area contributed by atoms with Crippen LogP contribution in [0.5, 0.6) is 0 Å². The van der Waals surface area contributed by atoms with Gasteiger partial charge in [0.1, 0.15) is 22.9 Å². The molecule has 0 spiro atoms. The van der Waals surface area contributed by atoms with Gasteiger partial charge in [0.2, 0.25) is 10.0 Å². The van der Waals surface area contributed by atoms with Crippen LogP contribution in [0.1, 0.15) is 42.3 Å². The smallest absolute Gasteiger partial charge is 0.378 e. The molecule has 4 aromatic rings. The fraction of sp³-hybridized carbons (Fsp3) is 0.300. The van der Waals surface area contributed by atoms with Crippen molar-refractivity contribution in [3.8, 4) is 23.0 Å². The first-order valence-electron chi connectivity index (χ1n) is 13.6. The summed E-state index contributed by atoms with van der Waals surface area (Å²) in [5.41, 5.74) is -0.798. The molecule has 0 saturated heterocycles. The first-order valence-corrected chi connectivity index (χ1v) is 15.9.